The smallest absolute Gasteiger partial charge is 0.0261 e. The van der Waals surface area contributed by atoms with Crippen molar-refractivity contribution in [2.24, 2.45) is 0 Å². The summed E-state index contributed by atoms with van der Waals surface area (Å²) in [6, 6.07) is 47.4. The topological polar surface area (TPSA) is 0 Å². The van der Waals surface area contributed by atoms with Crippen molar-refractivity contribution >= 4 is 47.0 Å². The lowest BCUT2D eigenvalue weighted by molar-refractivity contribution is 1.23. The first-order valence-electron chi connectivity index (χ1n) is 10.9. The van der Waals surface area contributed by atoms with Gasteiger partial charge >= 0.3 is 0 Å². The van der Waals surface area contributed by atoms with Gasteiger partial charge in [-0.05, 0) is 84.9 Å². The van der Waals surface area contributed by atoms with E-state index in [2.05, 4.69) is 133 Å². The van der Waals surface area contributed by atoms with Crippen molar-refractivity contribution in [2.45, 2.75) is 39.2 Å². The van der Waals surface area contributed by atoms with E-state index in [1.54, 1.807) is 23.5 Å². The Morgan fingerprint density at radius 1 is 0.235 bits per heavy atom. The third-order valence-corrected chi connectivity index (χ3v) is 9.24. The molecule has 0 spiro atoms. The predicted octanol–water partition coefficient (Wildman–Crippen LogP) is 10.3. The molecule has 0 aromatic heterocycles. The molecule has 0 radical (unpaired) electrons. The van der Waals surface area contributed by atoms with Gasteiger partial charge in [-0.2, -0.15) is 0 Å². The summed E-state index contributed by atoms with van der Waals surface area (Å²) >= 11 is 7.23. The molecular formula is C30H22S4. The number of hydrogen-bond donors (Lipinski definition) is 0. The van der Waals surface area contributed by atoms with Gasteiger partial charge in [-0.1, -0.05) is 95.6 Å². The van der Waals surface area contributed by atoms with Crippen molar-refractivity contribution in [3.63, 3.8) is 0 Å². The Kier molecular flexibility index (Phi) is 8.05. The van der Waals surface area contributed by atoms with E-state index in [1.807, 2.05) is 23.5 Å². The van der Waals surface area contributed by atoms with Crippen LogP contribution in [0.3, 0.4) is 0 Å². The molecule has 0 nitrogen and oxygen atoms in total. The van der Waals surface area contributed by atoms with Crippen LogP contribution in [0.4, 0.5) is 0 Å². The fraction of sp³-hybridized carbons (Fsp3) is 0. The van der Waals surface area contributed by atoms with Gasteiger partial charge in [0.1, 0.15) is 0 Å². The largest absolute Gasteiger partial charge is 0.0901 e. The number of benzene rings is 5. The summed E-state index contributed by atoms with van der Waals surface area (Å²) in [6.45, 7) is 0. The van der Waals surface area contributed by atoms with E-state index in [0.717, 1.165) is 0 Å². The first-order valence-corrected chi connectivity index (χ1v) is 14.2. The minimum absolute atomic E-state index is 1.25. The molecule has 0 aliphatic carbocycles. The lowest BCUT2D eigenvalue weighted by atomic mass is 10.4. The van der Waals surface area contributed by atoms with Crippen LogP contribution in [0.5, 0.6) is 0 Å². The molecule has 0 aliphatic rings. The number of rotatable bonds is 8. The molecule has 4 heteroatoms. The second-order valence-corrected chi connectivity index (χ2v) is 11.9. The van der Waals surface area contributed by atoms with E-state index in [-0.39, 0.29) is 0 Å². The van der Waals surface area contributed by atoms with Crippen LogP contribution in [0.25, 0.3) is 0 Å². The Labute approximate surface area is 218 Å². The molecule has 0 bridgehead atoms. The van der Waals surface area contributed by atoms with Gasteiger partial charge in [0.05, 0.1) is 0 Å². The lowest BCUT2D eigenvalue weighted by Crippen LogP contribution is -1.81. The van der Waals surface area contributed by atoms with Gasteiger partial charge in [-0.3, -0.25) is 0 Å². The second-order valence-electron chi connectivity index (χ2n) is 7.42. The molecular weight excluding hydrogens is 489 g/mol. The average Bonchev–Trinajstić information content (AvgIpc) is 2.89. The van der Waals surface area contributed by atoms with Crippen LogP contribution >= 0.6 is 47.0 Å². The molecule has 5 rings (SSSR count). The van der Waals surface area contributed by atoms with Crippen LogP contribution in [-0.4, -0.2) is 0 Å². The van der Waals surface area contributed by atoms with Crippen LogP contribution < -0.4 is 0 Å². The van der Waals surface area contributed by atoms with E-state index in [1.165, 1.54) is 39.2 Å². The molecule has 0 N–H and O–H groups in total. The summed E-state index contributed by atoms with van der Waals surface area (Å²) in [5, 5.41) is 0. The minimum atomic E-state index is 1.25. The zero-order valence-corrected chi connectivity index (χ0v) is 21.6. The SMILES string of the molecule is c1ccc(Sc2ccc(Sc3ccccc3Sc3ccc(Sc4ccccc4)cc3)cc2)cc1. The number of hydrogen-bond acceptors (Lipinski definition) is 4. The van der Waals surface area contributed by atoms with Gasteiger partial charge in [0.15, 0.2) is 0 Å². The summed E-state index contributed by atoms with van der Waals surface area (Å²) in [6.07, 6.45) is 0. The van der Waals surface area contributed by atoms with Crippen molar-refractivity contribution in [1.82, 2.24) is 0 Å². The minimum Gasteiger partial charge on any atom is -0.0901 e. The third kappa shape index (κ3) is 6.55. The Hall–Kier alpha value is -2.50. The predicted molar refractivity (Wildman–Crippen MR) is 149 cm³/mol. The molecule has 0 atom stereocenters. The first kappa shape index (κ1) is 23.3. The fourth-order valence-corrected chi connectivity index (χ4v) is 6.88. The summed E-state index contributed by atoms with van der Waals surface area (Å²) in [4.78, 5) is 10.1. The first-order chi connectivity index (χ1) is 16.8. The molecule has 0 saturated carbocycles. The Morgan fingerprint density at radius 3 is 0.853 bits per heavy atom. The van der Waals surface area contributed by atoms with Crippen LogP contribution in [0, 0.1) is 0 Å². The second kappa shape index (κ2) is 11.8. The average molecular weight is 511 g/mol. The fourth-order valence-electron chi connectivity index (χ4n) is 3.27. The molecule has 166 valence electrons. The maximum absolute atomic E-state index is 2.22. The van der Waals surface area contributed by atoms with Gasteiger partial charge in [0, 0.05) is 39.2 Å². The Morgan fingerprint density at radius 2 is 0.500 bits per heavy atom. The monoisotopic (exact) mass is 510 g/mol. The van der Waals surface area contributed by atoms with Gasteiger partial charge < -0.3 is 0 Å². The van der Waals surface area contributed by atoms with Gasteiger partial charge in [-0.25, -0.2) is 0 Å². The van der Waals surface area contributed by atoms with E-state index < -0.39 is 0 Å². The molecule has 5 aromatic rings. The van der Waals surface area contributed by atoms with E-state index >= 15 is 0 Å². The van der Waals surface area contributed by atoms with Gasteiger partial charge in [0.2, 0.25) is 0 Å². The summed E-state index contributed by atoms with van der Waals surface area (Å²) in [7, 11) is 0. The van der Waals surface area contributed by atoms with Crippen LogP contribution in [0.1, 0.15) is 0 Å². The quantitative estimate of drug-likeness (QED) is 0.203. The molecule has 0 amide bonds. The molecule has 0 fully saturated rings. The lowest BCUT2D eigenvalue weighted by Gasteiger charge is -2.10. The highest BCUT2D eigenvalue weighted by Gasteiger charge is 2.07. The summed E-state index contributed by atoms with van der Waals surface area (Å²) < 4.78 is 0. The van der Waals surface area contributed by atoms with Crippen LogP contribution in [-0.2, 0) is 0 Å². The zero-order chi connectivity index (χ0) is 23.0. The molecule has 34 heavy (non-hydrogen) atoms. The molecule has 0 saturated heterocycles. The maximum Gasteiger partial charge on any atom is 0.0261 e. The normalized spacial score (nSPS) is 10.8. The van der Waals surface area contributed by atoms with Crippen molar-refractivity contribution in [3.05, 3.63) is 133 Å². The van der Waals surface area contributed by atoms with Crippen molar-refractivity contribution < 1.29 is 0 Å². The standard InChI is InChI=1S/C30H22S4/c1-3-9-23(10-4-1)31-25-15-19-27(20-16-25)33-29-13-7-8-14-30(29)34-28-21-17-26(18-22-28)32-24-11-5-2-6-12-24/h1-22H. The van der Waals surface area contributed by atoms with Gasteiger partial charge in [0.25, 0.3) is 0 Å². The summed E-state index contributed by atoms with van der Waals surface area (Å²) in [5.74, 6) is 0. The molecule has 0 aliphatic heterocycles. The highest BCUT2D eigenvalue weighted by atomic mass is 32.2. The van der Waals surface area contributed by atoms with Crippen molar-refractivity contribution in [1.29, 1.82) is 0 Å². The van der Waals surface area contributed by atoms with E-state index in [0.29, 0.717) is 0 Å². The van der Waals surface area contributed by atoms with E-state index in [9.17, 15) is 0 Å². The van der Waals surface area contributed by atoms with Crippen molar-refractivity contribution in [2.75, 3.05) is 0 Å². The molecule has 5 aromatic carbocycles. The van der Waals surface area contributed by atoms with Crippen LogP contribution in [0.15, 0.2) is 173 Å². The van der Waals surface area contributed by atoms with E-state index in [4.69, 9.17) is 0 Å². The summed E-state index contributed by atoms with van der Waals surface area (Å²) in [5.41, 5.74) is 0. The highest BCUT2D eigenvalue weighted by Crippen LogP contribution is 2.40. The molecule has 0 unspecified atom stereocenters. The van der Waals surface area contributed by atoms with Crippen molar-refractivity contribution in [3.8, 4) is 0 Å². The van der Waals surface area contributed by atoms with Crippen LogP contribution in [0.2, 0.25) is 0 Å². The Balaban J connectivity index is 1.25. The highest BCUT2D eigenvalue weighted by molar-refractivity contribution is 8.02. The van der Waals surface area contributed by atoms with Gasteiger partial charge in [-0.15, -0.1) is 0 Å². The Bertz CT molecular complexity index is 1210. The maximum atomic E-state index is 2.22. The zero-order valence-electron chi connectivity index (χ0n) is 18.3. The third-order valence-electron chi connectivity index (χ3n) is 4.91. The molecule has 0 heterocycles.